The minimum Gasteiger partial charge on any atom is -0.489 e. The van der Waals surface area contributed by atoms with Crippen LogP contribution in [-0.2, 0) is 10.9 Å². The fourth-order valence-corrected chi connectivity index (χ4v) is 5.97. The monoisotopic (exact) mass is 527 g/mol. The van der Waals surface area contributed by atoms with E-state index < -0.39 is 23.0 Å². The van der Waals surface area contributed by atoms with Crippen LogP contribution in [0, 0.1) is 11.3 Å². The summed E-state index contributed by atoms with van der Waals surface area (Å²) in [4.78, 5) is 15.6. The Kier molecular flexibility index (Phi) is 6.85. The van der Waals surface area contributed by atoms with Crippen molar-refractivity contribution in [2.24, 2.45) is 11.3 Å². The number of imidazole rings is 1. The molecule has 5 rings (SSSR count). The highest BCUT2D eigenvalue weighted by molar-refractivity contribution is 5.57. The normalized spacial score (nSPS) is 26.9. The van der Waals surface area contributed by atoms with E-state index in [1.54, 1.807) is 0 Å². The maximum atomic E-state index is 14.0. The highest BCUT2D eigenvalue weighted by Gasteiger charge is 2.49. The van der Waals surface area contributed by atoms with Crippen molar-refractivity contribution >= 4 is 5.52 Å². The third kappa shape index (κ3) is 5.26. The first kappa shape index (κ1) is 26.5. The summed E-state index contributed by atoms with van der Waals surface area (Å²) in [7, 11) is 2.05. The summed E-state index contributed by atoms with van der Waals surface area (Å²) in [6.45, 7) is 4.85. The second-order valence-electron chi connectivity index (χ2n) is 11.6. The average Bonchev–Trinajstić information content (AvgIpc) is 3.35. The minimum absolute atomic E-state index is 0.0192. The number of nitrogens with one attached hydrogen (secondary N) is 2. The van der Waals surface area contributed by atoms with Gasteiger partial charge in [-0.3, -0.25) is 13.9 Å². The zero-order valence-electron chi connectivity index (χ0n) is 21.5. The Labute approximate surface area is 213 Å². The van der Waals surface area contributed by atoms with E-state index >= 15 is 0 Å². The Morgan fingerprint density at radius 3 is 2.59 bits per heavy atom. The number of hydrogen-bond donors (Lipinski definition) is 3. The van der Waals surface area contributed by atoms with Crippen LogP contribution in [0.5, 0.6) is 5.75 Å². The number of aliphatic hydroxyl groups is 1. The van der Waals surface area contributed by atoms with Gasteiger partial charge in [-0.05, 0) is 58.6 Å². The van der Waals surface area contributed by atoms with Crippen LogP contribution in [0.1, 0.15) is 57.6 Å². The van der Waals surface area contributed by atoms with Crippen LogP contribution in [0.15, 0.2) is 23.3 Å². The van der Waals surface area contributed by atoms with E-state index in [1.165, 1.54) is 30.8 Å². The molecule has 2 saturated heterocycles. The molecule has 2 aromatic heterocycles. The van der Waals surface area contributed by atoms with E-state index in [1.807, 2.05) is 0 Å². The van der Waals surface area contributed by atoms with Gasteiger partial charge in [-0.1, -0.05) is 6.42 Å². The number of hydrogen-bond acceptors (Lipinski definition) is 7. The molecule has 0 bridgehead atoms. The van der Waals surface area contributed by atoms with Crippen LogP contribution >= 0.6 is 0 Å². The quantitative estimate of drug-likeness (QED) is 0.510. The Morgan fingerprint density at radius 2 is 2.00 bits per heavy atom. The van der Waals surface area contributed by atoms with E-state index in [-0.39, 0.29) is 35.5 Å². The number of halogens is 3. The highest BCUT2D eigenvalue weighted by atomic mass is 19.4. The van der Waals surface area contributed by atoms with Gasteiger partial charge in [-0.15, -0.1) is 0 Å². The smallest absolute Gasteiger partial charge is 0.418 e. The lowest BCUT2D eigenvalue weighted by Gasteiger charge is -2.51. The van der Waals surface area contributed by atoms with Gasteiger partial charge in [0.1, 0.15) is 12.4 Å². The molecule has 0 aromatic carbocycles. The van der Waals surface area contributed by atoms with Gasteiger partial charge in [-0.25, -0.2) is 15.6 Å². The van der Waals surface area contributed by atoms with Crippen LogP contribution in [0.2, 0.25) is 0 Å². The molecule has 2 aliphatic heterocycles. The molecule has 0 amide bonds. The summed E-state index contributed by atoms with van der Waals surface area (Å²) in [5.74, 6) is 0.189. The first-order valence-electron chi connectivity index (χ1n) is 12.8. The highest BCUT2D eigenvalue weighted by Crippen LogP contribution is 2.49. The first-order valence-corrected chi connectivity index (χ1v) is 12.8. The number of hydrazine groups is 1. The molecule has 3 aliphatic rings. The van der Waals surface area contributed by atoms with Crippen LogP contribution in [-0.4, -0.2) is 64.3 Å². The van der Waals surface area contributed by atoms with E-state index in [2.05, 4.69) is 22.8 Å². The summed E-state index contributed by atoms with van der Waals surface area (Å²) < 4.78 is 55.6. The molecule has 1 saturated carbocycles. The van der Waals surface area contributed by atoms with Crippen LogP contribution in [0.4, 0.5) is 13.2 Å². The van der Waals surface area contributed by atoms with Crippen molar-refractivity contribution < 1.29 is 27.8 Å². The lowest BCUT2D eigenvalue weighted by molar-refractivity contribution is -0.167. The molecule has 3 atom stereocenters. The van der Waals surface area contributed by atoms with Crippen molar-refractivity contribution in [3.8, 4) is 5.75 Å². The topological polar surface area (TPSA) is 92.4 Å². The van der Waals surface area contributed by atoms with Gasteiger partial charge in [0, 0.05) is 17.7 Å². The maximum Gasteiger partial charge on any atom is 0.418 e. The number of ether oxygens (including phenoxy) is 2. The lowest BCUT2D eigenvalue weighted by atomic mass is 9.64. The number of fused-ring (bicyclic) bond motifs is 1. The molecular formula is C25H36F3N5O4. The van der Waals surface area contributed by atoms with Crippen molar-refractivity contribution in [1.29, 1.82) is 0 Å². The molecule has 206 valence electrons. The summed E-state index contributed by atoms with van der Waals surface area (Å²) in [5, 5.41) is 9.93. The number of nitrogens with zero attached hydrogens (tertiary/aromatic N) is 3. The van der Waals surface area contributed by atoms with Crippen LogP contribution in [0.25, 0.3) is 5.52 Å². The van der Waals surface area contributed by atoms with Gasteiger partial charge in [0.15, 0.2) is 0 Å². The fourth-order valence-electron chi connectivity index (χ4n) is 5.97. The average molecular weight is 528 g/mol. The standard InChI is InChI=1S/C25H36F3N5O4/c1-23(2,35)12-37-18-8-19(25(26,27)28)20-11-32(22(34)33(20)10-18)17-6-4-5-16(7-17)24(13-36-14-24)9-21-30-29-15-31(21)3/h8,10-11,16-17,21,29-30,35H,4-7,9,12-15H2,1-3H3. The van der Waals surface area contributed by atoms with Gasteiger partial charge in [0.2, 0.25) is 0 Å². The summed E-state index contributed by atoms with van der Waals surface area (Å²) in [6, 6.07) is 0.701. The van der Waals surface area contributed by atoms with E-state index in [4.69, 9.17) is 9.47 Å². The Morgan fingerprint density at radius 1 is 1.24 bits per heavy atom. The molecule has 2 aromatic rings. The second-order valence-corrected chi connectivity index (χ2v) is 11.6. The van der Waals surface area contributed by atoms with Gasteiger partial charge >= 0.3 is 11.9 Å². The predicted molar refractivity (Wildman–Crippen MR) is 130 cm³/mol. The van der Waals surface area contributed by atoms with Crippen molar-refractivity contribution in [2.45, 2.75) is 69.9 Å². The van der Waals surface area contributed by atoms with Crippen molar-refractivity contribution in [2.75, 3.05) is 33.5 Å². The van der Waals surface area contributed by atoms with Crippen molar-refractivity contribution in [3.05, 3.63) is 34.5 Å². The summed E-state index contributed by atoms with van der Waals surface area (Å²) >= 11 is 0. The first-order chi connectivity index (χ1) is 17.4. The molecule has 3 N–H and O–H groups in total. The molecule has 3 fully saturated rings. The molecule has 9 nitrogen and oxygen atoms in total. The largest absolute Gasteiger partial charge is 0.489 e. The number of aromatic nitrogens is 2. The van der Waals surface area contributed by atoms with Crippen LogP contribution in [0.3, 0.4) is 0 Å². The zero-order valence-corrected chi connectivity index (χ0v) is 21.5. The molecule has 0 radical (unpaired) electrons. The Bertz CT molecular complexity index is 1180. The molecule has 12 heteroatoms. The third-order valence-corrected chi connectivity index (χ3v) is 8.08. The van der Waals surface area contributed by atoms with E-state index in [0.717, 1.165) is 42.8 Å². The Balaban J connectivity index is 1.44. The molecule has 3 unspecified atom stereocenters. The SMILES string of the molecule is CN1CNNC1CC1(C2CCCC(n3cc4c(C(F)(F)F)cc(OCC(C)(C)O)cn4c3=O)C2)COC1. The van der Waals surface area contributed by atoms with Gasteiger partial charge < -0.3 is 14.6 Å². The molecular weight excluding hydrogens is 491 g/mol. The second kappa shape index (κ2) is 9.57. The van der Waals surface area contributed by atoms with Crippen LogP contribution < -0.4 is 21.3 Å². The number of alkyl halides is 3. The Hall–Kier alpha value is -2.12. The van der Waals surface area contributed by atoms with Crippen molar-refractivity contribution in [3.63, 3.8) is 0 Å². The molecule has 37 heavy (non-hydrogen) atoms. The van der Waals surface area contributed by atoms with Gasteiger partial charge in [0.25, 0.3) is 0 Å². The summed E-state index contributed by atoms with van der Waals surface area (Å²) in [6.07, 6.45) is 2.40. The minimum atomic E-state index is -4.67. The maximum absolute atomic E-state index is 14.0. The third-order valence-electron chi connectivity index (χ3n) is 8.08. The molecule has 4 heterocycles. The molecule has 0 spiro atoms. The van der Waals surface area contributed by atoms with E-state index in [9.17, 15) is 23.1 Å². The fraction of sp³-hybridized carbons (Fsp3) is 0.720. The zero-order chi connectivity index (χ0) is 26.6. The number of rotatable bonds is 7. The van der Waals surface area contributed by atoms with E-state index in [0.29, 0.717) is 25.6 Å². The predicted octanol–water partition coefficient (Wildman–Crippen LogP) is 2.73. The van der Waals surface area contributed by atoms with Gasteiger partial charge in [0.05, 0.1) is 48.9 Å². The van der Waals surface area contributed by atoms with Crippen molar-refractivity contribution in [1.82, 2.24) is 24.7 Å². The lowest BCUT2D eigenvalue weighted by Crippen LogP contribution is -2.54. The number of pyridine rings is 1. The molecule has 1 aliphatic carbocycles. The van der Waals surface area contributed by atoms with Gasteiger partial charge in [-0.2, -0.15) is 13.2 Å². The summed E-state index contributed by atoms with van der Waals surface area (Å²) in [5.41, 5.74) is 3.58.